The van der Waals surface area contributed by atoms with Gasteiger partial charge in [0.05, 0.1) is 6.04 Å². The molecule has 0 spiro atoms. The van der Waals surface area contributed by atoms with Crippen LogP contribution in [-0.2, 0) is 4.79 Å². The minimum atomic E-state index is -0.459. The number of carbonyl (C=O) groups is 1. The number of thioether (sulfide) groups is 1. The smallest absolute Gasteiger partial charge is 0.237 e. The Labute approximate surface area is 114 Å². The number of carbonyl (C=O) groups excluding carboxylic acids is 1. The van der Waals surface area contributed by atoms with Gasteiger partial charge < -0.3 is 11.1 Å². The zero-order chi connectivity index (χ0) is 13.6. The number of hydrogen-bond acceptors (Lipinski definition) is 3. The first-order valence-electron chi connectivity index (χ1n) is 6.12. The molecule has 3 N–H and O–H groups in total. The van der Waals surface area contributed by atoms with E-state index >= 15 is 0 Å². The normalized spacial score (nSPS) is 13.1. The number of rotatable bonds is 5. The third-order valence-corrected chi connectivity index (χ3v) is 3.64. The molecule has 0 fully saturated rings. The molecule has 1 amide bonds. The van der Waals surface area contributed by atoms with Crippen LogP contribution in [0.15, 0.2) is 35.2 Å². The predicted octanol–water partition coefficient (Wildman–Crippen LogP) is 2.27. The topological polar surface area (TPSA) is 55.1 Å². The molecule has 0 aromatic heterocycles. The van der Waals surface area contributed by atoms with Crippen molar-refractivity contribution in [3.05, 3.63) is 30.3 Å². The molecule has 0 bridgehead atoms. The van der Waals surface area contributed by atoms with E-state index in [2.05, 4.69) is 17.4 Å². The summed E-state index contributed by atoms with van der Waals surface area (Å²) in [5.41, 5.74) is 5.67. The predicted molar refractivity (Wildman–Crippen MR) is 77.6 cm³/mol. The number of amides is 1. The molecule has 1 rings (SSSR count). The van der Waals surface area contributed by atoms with Crippen molar-refractivity contribution in [1.82, 2.24) is 5.32 Å². The molecule has 1 aromatic carbocycles. The highest BCUT2D eigenvalue weighted by Gasteiger charge is 2.26. The Bertz CT molecular complexity index is 373. The standard InChI is InChI=1S/C14H22N2OS/c1-14(2,3)12(15)13(17)16-9-10-18-11-7-5-4-6-8-11/h4-8,12H,9-10,15H2,1-3H3,(H,16,17)/t12-/m1/s1. The van der Waals surface area contributed by atoms with Crippen LogP contribution in [-0.4, -0.2) is 24.2 Å². The monoisotopic (exact) mass is 266 g/mol. The molecule has 0 unspecified atom stereocenters. The van der Waals surface area contributed by atoms with Gasteiger partial charge in [-0.05, 0) is 17.5 Å². The Kier molecular flexibility index (Phi) is 5.69. The maximum absolute atomic E-state index is 11.8. The molecule has 3 nitrogen and oxygen atoms in total. The maximum atomic E-state index is 11.8. The summed E-state index contributed by atoms with van der Waals surface area (Å²) in [5, 5.41) is 2.87. The molecule has 1 atom stereocenters. The van der Waals surface area contributed by atoms with E-state index in [1.807, 2.05) is 39.0 Å². The lowest BCUT2D eigenvalue weighted by molar-refractivity contribution is -0.124. The van der Waals surface area contributed by atoms with E-state index in [9.17, 15) is 4.79 Å². The number of benzene rings is 1. The average Bonchev–Trinajstić information content (AvgIpc) is 2.33. The second-order valence-electron chi connectivity index (χ2n) is 5.30. The molecule has 18 heavy (non-hydrogen) atoms. The van der Waals surface area contributed by atoms with Crippen LogP contribution in [0.1, 0.15) is 20.8 Å². The van der Waals surface area contributed by atoms with Crippen LogP contribution in [0.3, 0.4) is 0 Å². The van der Waals surface area contributed by atoms with Crippen LogP contribution < -0.4 is 11.1 Å². The van der Waals surface area contributed by atoms with Crippen molar-refractivity contribution >= 4 is 17.7 Å². The van der Waals surface area contributed by atoms with E-state index < -0.39 is 6.04 Å². The molecular weight excluding hydrogens is 244 g/mol. The first-order valence-corrected chi connectivity index (χ1v) is 7.11. The summed E-state index contributed by atoms with van der Waals surface area (Å²) in [4.78, 5) is 13.0. The van der Waals surface area contributed by atoms with Crippen LogP contribution in [0.4, 0.5) is 0 Å². The van der Waals surface area contributed by atoms with Crippen molar-refractivity contribution in [1.29, 1.82) is 0 Å². The average molecular weight is 266 g/mol. The van der Waals surface area contributed by atoms with Crippen molar-refractivity contribution in [3.8, 4) is 0 Å². The molecule has 4 heteroatoms. The third kappa shape index (κ3) is 5.10. The second kappa shape index (κ2) is 6.81. The first-order chi connectivity index (χ1) is 8.41. The lowest BCUT2D eigenvalue weighted by Crippen LogP contribution is -2.49. The van der Waals surface area contributed by atoms with Gasteiger partial charge in [0.1, 0.15) is 0 Å². The van der Waals surface area contributed by atoms with E-state index in [0.29, 0.717) is 6.54 Å². The van der Waals surface area contributed by atoms with E-state index in [1.165, 1.54) is 4.90 Å². The fourth-order valence-corrected chi connectivity index (χ4v) is 2.15. The summed E-state index contributed by atoms with van der Waals surface area (Å²) in [5.74, 6) is 0.781. The molecule has 0 aliphatic rings. The Morgan fingerprint density at radius 1 is 1.33 bits per heavy atom. The van der Waals surface area contributed by atoms with E-state index in [-0.39, 0.29) is 11.3 Å². The summed E-state index contributed by atoms with van der Waals surface area (Å²) < 4.78 is 0. The van der Waals surface area contributed by atoms with Gasteiger partial charge >= 0.3 is 0 Å². The Morgan fingerprint density at radius 2 is 1.94 bits per heavy atom. The van der Waals surface area contributed by atoms with Crippen LogP contribution in [0.2, 0.25) is 0 Å². The van der Waals surface area contributed by atoms with Crippen LogP contribution in [0, 0.1) is 5.41 Å². The SMILES string of the molecule is CC(C)(C)[C@H](N)C(=O)NCCSc1ccccc1. The van der Waals surface area contributed by atoms with Crippen molar-refractivity contribution in [3.63, 3.8) is 0 Å². The second-order valence-corrected chi connectivity index (χ2v) is 6.46. The summed E-state index contributed by atoms with van der Waals surface area (Å²) in [6.07, 6.45) is 0. The van der Waals surface area contributed by atoms with E-state index in [4.69, 9.17) is 5.73 Å². The third-order valence-electron chi connectivity index (χ3n) is 2.63. The van der Waals surface area contributed by atoms with Crippen LogP contribution >= 0.6 is 11.8 Å². The number of nitrogens with two attached hydrogens (primary N) is 1. The minimum absolute atomic E-state index is 0.0730. The molecule has 0 aliphatic heterocycles. The lowest BCUT2D eigenvalue weighted by atomic mass is 9.87. The zero-order valence-electron chi connectivity index (χ0n) is 11.3. The Balaban J connectivity index is 2.24. The molecule has 1 aromatic rings. The molecule has 0 aliphatic carbocycles. The van der Waals surface area contributed by atoms with Gasteiger partial charge in [0.2, 0.25) is 5.91 Å². The Hall–Kier alpha value is -1.00. The van der Waals surface area contributed by atoms with Crippen molar-refractivity contribution in [2.75, 3.05) is 12.3 Å². The highest BCUT2D eigenvalue weighted by molar-refractivity contribution is 7.99. The molecule has 0 saturated heterocycles. The largest absolute Gasteiger partial charge is 0.354 e. The molecular formula is C14H22N2OS. The minimum Gasteiger partial charge on any atom is -0.354 e. The summed E-state index contributed by atoms with van der Waals surface area (Å²) in [6, 6.07) is 9.68. The van der Waals surface area contributed by atoms with Crippen molar-refractivity contribution in [2.24, 2.45) is 11.1 Å². The van der Waals surface area contributed by atoms with Crippen LogP contribution in [0.25, 0.3) is 0 Å². The van der Waals surface area contributed by atoms with Crippen molar-refractivity contribution in [2.45, 2.75) is 31.7 Å². The maximum Gasteiger partial charge on any atom is 0.237 e. The number of nitrogens with one attached hydrogen (secondary N) is 1. The first kappa shape index (κ1) is 15.1. The fraction of sp³-hybridized carbons (Fsp3) is 0.500. The fourth-order valence-electron chi connectivity index (χ4n) is 1.36. The quantitative estimate of drug-likeness (QED) is 0.635. The Morgan fingerprint density at radius 3 is 2.50 bits per heavy atom. The van der Waals surface area contributed by atoms with E-state index in [0.717, 1.165) is 5.75 Å². The van der Waals surface area contributed by atoms with Gasteiger partial charge in [-0.25, -0.2) is 0 Å². The molecule has 0 saturated carbocycles. The van der Waals surface area contributed by atoms with Gasteiger partial charge in [0.15, 0.2) is 0 Å². The van der Waals surface area contributed by atoms with Crippen molar-refractivity contribution < 1.29 is 4.79 Å². The summed E-state index contributed by atoms with van der Waals surface area (Å²) >= 11 is 1.73. The highest BCUT2D eigenvalue weighted by atomic mass is 32.2. The summed E-state index contributed by atoms with van der Waals surface area (Å²) in [7, 11) is 0. The van der Waals surface area contributed by atoms with E-state index in [1.54, 1.807) is 11.8 Å². The molecule has 0 heterocycles. The molecule has 0 radical (unpaired) electrons. The van der Waals surface area contributed by atoms with Crippen LogP contribution in [0.5, 0.6) is 0 Å². The van der Waals surface area contributed by atoms with Gasteiger partial charge in [-0.2, -0.15) is 0 Å². The van der Waals surface area contributed by atoms with Gasteiger partial charge in [0.25, 0.3) is 0 Å². The summed E-state index contributed by atoms with van der Waals surface area (Å²) in [6.45, 7) is 6.55. The number of hydrogen-bond donors (Lipinski definition) is 2. The highest BCUT2D eigenvalue weighted by Crippen LogP contribution is 2.18. The lowest BCUT2D eigenvalue weighted by Gasteiger charge is -2.25. The van der Waals surface area contributed by atoms with Gasteiger partial charge in [0, 0.05) is 17.2 Å². The zero-order valence-corrected chi connectivity index (χ0v) is 12.1. The van der Waals surface area contributed by atoms with Gasteiger partial charge in [-0.15, -0.1) is 11.8 Å². The van der Waals surface area contributed by atoms with Gasteiger partial charge in [-0.1, -0.05) is 39.0 Å². The van der Waals surface area contributed by atoms with Gasteiger partial charge in [-0.3, -0.25) is 4.79 Å². The molecule has 100 valence electrons.